The number of benzene rings is 1. The van der Waals surface area contributed by atoms with Gasteiger partial charge in [0, 0.05) is 12.1 Å². The summed E-state index contributed by atoms with van der Waals surface area (Å²) in [6.07, 6.45) is 4.11. The molecular formula is C14H21N. The van der Waals surface area contributed by atoms with E-state index in [0.29, 0.717) is 12.0 Å². The molecule has 0 aliphatic heterocycles. The number of rotatable bonds is 4. The van der Waals surface area contributed by atoms with E-state index in [1.807, 2.05) is 0 Å². The van der Waals surface area contributed by atoms with Gasteiger partial charge in [-0.25, -0.2) is 0 Å². The Kier molecular flexibility index (Phi) is 3.42. The number of hydrogen-bond donors (Lipinski definition) is 1. The van der Waals surface area contributed by atoms with E-state index in [-0.39, 0.29) is 0 Å². The van der Waals surface area contributed by atoms with Crippen LogP contribution in [0, 0.1) is 5.92 Å². The Morgan fingerprint density at radius 3 is 2.27 bits per heavy atom. The van der Waals surface area contributed by atoms with E-state index in [1.54, 1.807) is 0 Å². The van der Waals surface area contributed by atoms with E-state index < -0.39 is 0 Å². The van der Waals surface area contributed by atoms with E-state index >= 15 is 0 Å². The summed E-state index contributed by atoms with van der Waals surface area (Å²) in [5.41, 5.74) is 1.43. The Morgan fingerprint density at radius 1 is 1.13 bits per heavy atom. The predicted octanol–water partition coefficient (Wildman–Crippen LogP) is 3.53. The Morgan fingerprint density at radius 2 is 1.80 bits per heavy atom. The van der Waals surface area contributed by atoms with Crippen LogP contribution in [0.4, 0.5) is 0 Å². The number of nitrogens with one attached hydrogen (secondary N) is 1. The minimum atomic E-state index is 0.525. The van der Waals surface area contributed by atoms with Crippen LogP contribution in [-0.2, 0) is 0 Å². The third-order valence-corrected chi connectivity index (χ3v) is 3.35. The van der Waals surface area contributed by atoms with Gasteiger partial charge in [0.15, 0.2) is 0 Å². The maximum Gasteiger partial charge on any atom is 0.0345 e. The van der Waals surface area contributed by atoms with Crippen molar-refractivity contribution in [1.29, 1.82) is 0 Å². The molecule has 1 aliphatic rings. The van der Waals surface area contributed by atoms with Crippen LogP contribution >= 0.6 is 0 Å². The Bertz CT molecular complexity index is 287. The highest BCUT2D eigenvalue weighted by Crippen LogP contribution is 2.27. The van der Waals surface area contributed by atoms with Crippen molar-refractivity contribution in [3.05, 3.63) is 35.9 Å². The molecule has 82 valence electrons. The van der Waals surface area contributed by atoms with Crippen LogP contribution in [0.25, 0.3) is 0 Å². The Balaban J connectivity index is 2.05. The van der Waals surface area contributed by atoms with Gasteiger partial charge in [0.05, 0.1) is 0 Å². The van der Waals surface area contributed by atoms with Crippen molar-refractivity contribution < 1.29 is 0 Å². The smallest absolute Gasteiger partial charge is 0.0345 e. The molecule has 1 heteroatoms. The van der Waals surface area contributed by atoms with Crippen LogP contribution in [0.3, 0.4) is 0 Å². The molecular weight excluding hydrogens is 182 g/mol. The molecule has 15 heavy (non-hydrogen) atoms. The fraction of sp³-hybridized carbons (Fsp3) is 0.571. The molecule has 0 spiro atoms. The fourth-order valence-corrected chi connectivity index (χ4v) is 2.16. The summed E-state index contributed by atoms with van der Waals surface area (Å²) in [6, 6.07) is 12.1. The molecule has 0 bridgehead atoms. The van der Waals surface area contributed by atoms with Crippen molar-refractivity contribution in [2.75, 3.05) is 0 Å². The average molecular weight is 203 g/mol. The van der Waals surface area contributed by atoms with Crippen molar-refractivity contribution >= 4 is 0 Å². The third kappa shape index (κ3) is 2.60. The normalized spacial score (nSPS) is 18.9. The average Bonchev–Trinajstić information content (AvgIpc) is 2.17. The topological polar surface area (TPSA) is 12.0 Å². The second-order valence-corrected chi connectivity index (χ2v) is 4.93. The minimum absolute atomic E-state index is 0.525. The summed E-state index contributed by atoms with van der Waals surface area (Å²) in [4.78, 5) is 0. The van der Waals surface area contributed by atoms with E-state index in [4.69, 9.17) is 0 Å². The van der Waals surface area contributed by atoms with Crippen molar-refractivity contribution in [2.45, 2.75) is 45.2 Å². The molecule has 1 nitrogen and oxygen atoms in total. The van der Waals surface area contributed by atoms with Crippen LogP contribution in [-0.4, -0.2) is 6.04 Å². The van der Waals surface area contributed by atoms with Gasteiger partial charge in [-0.2, -0.15) is 0 Å². The quantitative estimate of drug-likeness (QED) is 0.789. The summed E-state index contributed by atoms with van der Waals surface area (Å²) < 4.78 is 0. The van der Waals surface area contributed by atoms with Crippen LogP contribution < -0.4 is 5.32 Å². The summed E-state index contributed by atoms with van der Waals surface area (Å²) >= 11 is 0. The lowest BCUT2D eigenvalue weighted by Gasteiger charge is -2.33. The molecule has 1 aromatic carbocycles. The van der Waals surface area contributed by atoms with Gasteiger partial charge < -0.3 is 5.32 Å². The summed E-state index contributed by atoms with van der Waals surface area (Å²) in [5, 5.41) is 3.77. The van der Waals surface area contributed by atoms with Gasteiger partial charge >= 0.3 is 0 Å². The van der Waals surface area contributed by atoms with Crippen molar-refractivity contribution in [3.8, 4) is 0 Å². The van der Waals surface area contributed by atoms with Crippen molar-refractivity contribution in [1.82, 2.24) is 5.32 Å². The molecule has 1 aliphatic carbocycles. The third-order valence-electron chi connectivity index (χ3n) is 3.35. The molecule has 0 heterocycles. The second-order valence-electron chi connectivity index (χ2n) is 4.93. The standard InChI is InChI=1S/C14H21N/c1-11(2)14(15-13-9-6-10-13)12-7-4-3-5-8-12/h3-5,7-8,11,13-15H,6,9-10H2,1-2H3. The largest absolute Gasteiger partial charge is 0.307 e. The van der Waals surface area contributed by atoms with Gasteiger partial charge in [-0.3, -0.25) is 0 Å². The van der Waals surface area contributed by atoms with Gasteiger partial charge in [-0.1, -0.05) is 50.6 Å². The van der Waals surface area contributed by atoms with Gasteiger partial charge in [0.2, 0.25) is 0 Å². The van der Waals surface area contributed by atoms with Crippen molar-refractivity contribution in [3.63, 3.8) is 0 Å². The molecule has 1 fully saturated rings. The molecule has 1 N–H and O–H groups in total. The minimum Gasteiger partial charge on any atom is -0.307 e. The first-order chi connectivity index (χ1) is 7.27. The number of hydrogen-bond acceptors (Lipinski definition) is 1. The second kappa shape index (κ2) is 4.80. The van der Waals surface area contributed by atoms with Gasteiger partial charge in [0.25, 0.3) is 0 Å². The first-order valence-corrected chi connectivity index (χ1v) is 6.08. The maximum atomic E-state index is 3.77. The summed E-state index contributed by atoms with van der Waals surface area (Å²) in [7, 11) is 0. The van der Waals surface area contributed by atoms with Gasteiger partial charge in [-0.05, 0) is 24.3 Å². The molecule has 1 saturated carbocycles. The predicted molar refractivity (Wildman–Crippen MR) is 64.8 cm³/mol. The molecule has 0 saturated heterocycles. The van der Waals surface area contributed by atoms with Crippen LogP contribution in [0.5, 0.6) is 0 Å². The first kappa shape index (κ1) is 10.7. The molecule has 0 aromatic heterocycles. The zero-order chi connectivity index (χ0) is 10.7. The van der Waals surface area contributed by atoms with Gasteiger partial charge in [-0.15, -0.1) is 0 Å². The molecule has 2 rings (SSSR count). The zero-order valence-corrected chi connectivity index (χ0v) is 9.74. The fourth-order valence-electron chi connectivity index (χ4n) is 2.16. The lowest BCUT2D eigenvalue weighted by molar-refractivity contribution is 0.272. The first-order valence-electron chi connectivity index (χ1n) is 6.08. The lowest BCUT2D eigenvalue weighted by Crippen LogP contribution is -2.39. The van der Waals surface area contributed by atoms with Crippen LogP contribution in [0.2, 0.25) is 0 Å². The monoisotopic (exact) mass is 203 g/mol. The maximum absolute atomic E-state index is 3.77. The highest BCUT2D eigenvalue weighted by atomic mass is 15.0. The van der Waals surface area contributed by atoms with Crippen LogP contribution in [0.15, 0.2) is 30.3 Å². The Labute approximate surface area is 92.9 Å². The SMILES string of the molecule is CC(C)C(NC1CCC1)c1ccccc1. The molecule has 0 amide bonds. The van der Waals surface area contributed by atoms with E-state index in [1.165, 1.54) is 24.8 Å². The molecule has 1 aromatic rings. The highest BCUT2D eigenvalue weighted by molar-refractivity contribution is 5.19. The van der Waals surface area contributed by atoms with E-state index in [2.05, 4.69) is 49.5 Å². The van der Waals surface area contributed by atoms with Crippen LogP contribution in [0.1, 0.15) is 44.7 Å². The lowest BCUT2D eigenvalue weighted by atomic mass is 9.88. The molecule has 0 radical (unpaired) electrons. The molecule has 1 atom stereocenters. The summed E-state index contributed by atoms with van der Waals surface area (Å²) in [6.45, 7) is 4.59. The van der Waals surface area contributed by atoms with Crippen molar-refractivity contribution in [2.24, 2.45) is 5.92 Å². The van der Waals surface area contributed by atoms with E-state index in [9.17, 15) is 0 Å². The Hall–Kier alpha value is -0.820. The van der Waals surface area contributed by atoms with E-state index in [0.717, 1.165) is 6.04 Å². The van der Waals surface area contributed by atoms with Gasteiger partial charge in [0.1, 0.15) is 0 Å². The zero-order valence-electron chi connectivity index (χ0n) is 9.74. The highest BCUT2D eigenvalue weighted by Gasteiger charge is 2.23. The summed E-state index contributed by atoms with van der Waals surface area (Å²) in [5.74, 6) is 0.660. The molecule has 1 unspecified atom stereocenters.